The Morgan fingerprint density at radius 2 is 2.00 bits per heavy atom. The Morgan fingerprint density at radius 1 is 1.17 bits per heavy atom. The van der Waals surface area contributed by atoms with Gasteiger partial charge in [-0.2, -0.15) is 0 Å². The summed E-state index contributed by atoms with van der Waals surface area (Å²) in [6, 6.07) is 15.7. The number of rotatable bonds is 2. The molecule has 120 valence electrons. The van der Waals surface area contributed by atoms with E-state index in [4.69, 9.17) is 9.72 Å². The van der Waals surface area contributed by atoms with Gasteiger partial charge in [-0.25, -0.2) is 4.98 Å². The highest BCUT2D eigenvalue weighted by Gasteiger charge is 2.28. The SMILES string of the molecule is COc1ccc2cc3c(nc2c1)N(C(=O)c1ccccc1C)CC3. The van der Waals surface area contributed by atoms with Gasteiger partial charge in [0, 0.05) is 23.6 Å². The summed E-state index contributed by atoms with van der Waals surface area (Å²) in [7, 11) is 1.64. The lowest BCUT2D eigenvalue weighted by atomic mass is 10.1. The first-order chi connectivity index (χ1) is 11.7. The summed E-state index contributed by atoms with van der Waals surface area (Å²) in [5.41, 5.74) is 3.68. The third kappa shape index (κ3) is 2.31. The van der Waals surface area contributed by atoms with Crippen molar-refractivity contribution in [3.05, 3.63) is 65.2 Å². The number of benzene rings is 2. The van der Waals surface area contributed by atoms with E-state index in [9.17, 15) is 4.79 Å². The van der Waals surface area contributed by atoms with Gasteiger partial charge in [0.2, 0.25) is 0 Å². The number of anilines is 1. The average Bonchev–Trinajstić information content (AvgIpc) is 3.01. The number of nitrogens with zero attached hydrogens (tertiary/aromatic N) is 2. The third-order valence-electron chi connectivity index (χ3n) is 4.56. The summed E-state index contributed by atoms with van der Waals surface area (Å²) in [5.74, 6) is 1.55. The molecule has 2 aromatic carbocycles. The first kappa shape index (κ1) is 14.7. The Morgan fingerprint density at radius 3 is 2.79 bits per heavy atom. The first-order valence-electron chi connectivity index (χ1n) is 8.02. The van der Waals surface area contributed by atoms with Gasteiger partial charge in [-0.1, -0.05) is 18.2 Å². The van der Waals surface area contributed by atoms with E-state index in [-0.39, 0.29) is 5.91 Å². The molecular formula is C20H18N2O2. The zero-order chi connectivity index (χ0) is 16.7. The Labute approximate surface area is 140 Å². The quantitative estimate of drug-likeness (QED) is 0.722. The molecule has 0 unspecified atom stereocenters. The van der Waals surface area contributed by atoms with Crippen LogP contribution in [0.5, 0.6) is 5.75 Å². The van der Waals surface area contributed by atoms with Gasteiger partial charge in [0.05, 0.1) is 12.6 Å². The van der Waals surface area contributed by atoms with E-state index in [0.717, 1.165) is 45.6 Å². The maximum absolute atomic E-state index is 13.0. The van der Waals surface area contributed by atoms with Gasteiger partial charge in [0.15, 0.2) is 0 Å². The van der Waals surface area contributed by atoms with Gasteiger partial charge in [0.25, 0.3) is 5.91 Å². The molecule has 1 aliphatic rings. The lowest BCUT2D eigenvalue weighted by Gasteiger charge is -2.18. The number of aryl methyl sites for hydroxylation is 1. The molecular weight excluding hydrogens is 300 g/mol. The maximum atomic E-state index is 13.0. The van der Waals surface area contributed by atoms with Crippen molar-refractivity contribution >= 4 is 22.6 Å². The summed E-state index contributed by atoms with van der Waals surface area (Å²) in [6.45, 7) is 2.63. The fraction of sp³-hybridized carbons (Fsp3) is 0.200. The average molecular weight is 318 g/mol. The van der Waals surface area contributed by atoms with Crippen LogP contribution in [0.15, 0.2) is 48.5 Å². The van der Waals surface area contributed by atoms with Crippen LogP contribution in [0, 0.1) is 6.92 Å². The summed E-state index contributed by atoms with van der Waals surface area (Å²) in [5, 5.41) is 1.07. The van der Waals surface area contributed by atoms with E-state index in [0.29, 0.717) is 6.54 Å². The molecule has 1 aliphatic heterocycles. The number of methoxy groups -OCH3 is 1. The molecule has 0 spiro atoms. The zero-order valence-electron chi connectivity index (χ0n) is 13.7. The molecule has 1 amide bonds. The van der Waals surface area contributed by atoms with Gasteiger partial charge in [-0.05, 0) is 48.7 Å². The summed E-state index contributed by atoms with van der Waals surface area (Å²) >= 11 is 0. The Bertz CT molecular complexity index is 950. The smallest absolute Gasteiger partial charge is 0.259 e. The van der Waals surface area contributed by atoms with Gasteiger partial charge in [-0.3, -0.25) is 9.69 Å². The van der Waals surface area contributed by atoms with Crippen molar-refractivity contribution in [2.24, 2.45) is 0 Å². The van der Waals surface area contributed by atoms with E-state index >= 15 is 0 Å². The number of amides is 1. The molecule has 0 N–H and O–H groups in total. The monoisotopic (exact) mass is 318 g/mol. The second-order valence-electron chi connectivity index (χ2n) is 6.05. The van der Waals surface area contributed by atoms with Crippen LogP contribution in [0.1, 0.15) is 21.5 Å². The predicted octanol–water partition coefficient (Wildman–Crippen LogP) is 3.75. The van der Waals surface area contributed by atoms with Crippen molar-refractivity contribution in [2.75, 3.05) is 18.6 Å². The predicted molar refractivity (Wildman–Crippen MR) is 94.9 cm³/mol. The molecule has 0 aliphatic carbocycles. The molecule has 4 nitrogen and oxygen atoms in total. The van der Waals surface area contributed by atoms with Crippen molar-refractivity contribution in [3.63, 3.8) is 0 Å². The van der Waals surface area contributed by atoms with E-state index in [1.165, 1.54) is 0 Å². The zero-order valence-corrected chi connectivity index (χ0v) is 13.7. The van der Waals surface area contributed by atoms with E-state index in [1.807, 2.05) is 49.4 Å². The first-order valence-corrected chi connectivity index (χ1v) is 8.02. The minimum Gasteiger partial charge on any atom is -0.497 e. The fourth-order valence-electron chi connectivity index (χ4n) is 3.22. The van der Waals surface area contributed by atoms with E-state index in [1.54, 1.807) is 12.0 Å². The van der Waals surface area contributed by atoms with Crippen LogP contribution in [-0.4, -0.2) is 24.5 Å². The Hall–Kier alpha value is -2.88. The summed E-state index contributed by atoms with van der Waals surface area (Å²) < 4.78 is 5.28. The van der Waals surface area contributed by atoms with Crippen molar-refractivity contribution in [1.82, 2.24) is 4.98 Å². The highest BCUT2D eigenvalue weighted by atomic mass is 16.5. The van der Waals surface area contributed by atoms with Crippen molar-refractivity contribution < 1.29 is 9.53 Å². The molecule has 4 rings (SSSR count). The lowest BCUT2D eigenvalue weighted by molar-refractivity contribution is 0.0988. The van der Waals surface area contributed by atoms with Gasteiger partial charge < -0.3 is 4.74 Å². The van der Waals surface area contributed by atoms with Gasteiger partial charge in [-0.15, -0.1) is 0 Å². The molecule has 3 aromatic rings. The number of fused-ring (bicyclic) bond motifs is 2. The molecule has 0 atom stereocenters. The molecule has 24 heavy (non-hydrogen) atoms. The van der Waals surface area contributed by atoms with Crippen molar-refractivity contribution in [1.29, 1.82) is 0 Å². The highest BCUT2D eigenvalue weighted by Crippen LogP contribution is 2.32. The number of hydrogen-bond acceptors (Lipinski definition) is 3. The molecule has 0 saturated carbocycles. The summed E-state index contributed by atoms with van der Waals surface area (Å²) in [6.07, 6.45) is 0.835. The normalized spacial score (nSPS) is 13.2. The maximum Gasteiger partial charge on any atom is 0.259 e. The van der Waals surface area contributed by atoms with Crippen molar-refractivity contribution in [3.8, 4) is 5.75 Å². The van der Waals surface area contributed by atoms with E-state index in [2.05, 4.69) is 6.07 Å². The summed E-state index contributed by atoms with van der Waals surface area (Å²) in [4.78, 5) is 19.5. The number of carbonyl (C=O) groups excluding carboxylic acids is 1. The second kappa shape index (κ2) is 5.64. The van der Waals surface area contributed by atoms with Crippen LogP contribution in [0.4, 0.5) is 5.82 Å². The van der Waals surface area contributed by atoms with Gasteiger partial charge in [0.1, 0.15) is 11.6 Å². The van der Waals surface area contributed by atoms with Crippen LogP contribution in [0.3, 0.4) is 0 Å². The second-order valence-corrected chi connectivity index (χ2v) is 6.05. The minimum absolute atomic E-state index is 0.0154. The molecule has 0 fully saturated rings. The molecule has 0 radical (unpaired) electrons. The van der Waals surface area contributed by atoms with Crippen LogP contribution in [-0.2, 0) is 6.42 Å². The number of pyridine rings is 1. The van der Waals surface area contributed by atoms with Crippen LogP contribution >= 0.6 is 0 Å². The molecule has 4 heteroatoms. The Balaban J connectivity index is 1.79. The van der Waals surface area contributed by atoms with Crippen molar-refractivity contribution in [2.45, 2.75) is 13.3 Å². The van der Waals surface area contributed by atoms with Crippen LogP contribution in [0.25, 0.3) is 10.9 Å². The third-order valence-corrected chi connectivity index (χ3v) is 4.56. The number of carbonyl (C=O) groups is 1. The largest absolute Gasteiger partial charge is 0.497 e. The molecule has 0 bridgehead atoms. The van der Waals surface area contributed by atoms with E-state index < -0.39 is 0 Å². The fourth-order valence-corrected chi connectivity index (χ4v) is 3.22. The molecule has 0 saturated heterocycles. The van der Waals surface area contributed by atoms with Crippen LogP contribution in [0.2, 0.25) is 0 Å². The van der Waals surface area contributed by atoms with Crippen LogP contribution < -0.4 is 9.64 Å². The number of aromatic nitrogens is 1. The topological polar surface area (TPSA) is 42.4 Å². The van der Waals surface area contributed by atoms with Gasteiger partial charge >= 0.3 is 0 Å². The molecule has 1 aromatic heterocycles. The lowest BCUT2D eigenvalue weighted by Crippen LogP contribution is -2.30. The minimum atomic E-state index is 0.0154. The number of ether oxygens (including phenoxy) is 1. The Kier molecular flexibility index (Phi) is 3.45. The molecule has 2 heterocycles. The standard InChI is InChI=1S/C20H18N2O2/c1-13-5-3-4-6-17(13)20(23)22-10-9-15-11-14-7-8-16(24-2)12-18(14)21-19(15)22/h3-8,11-12H,9-10H2,1-2H3. The number of hydrogen-bond donors (Lipinski definition) is 0. The highest BCUT2D eigenvalue weighted by molar-refractivity contribution is 6.08.